The Labute approximate surface area is 122 Å². The highest BCUT2D eigenvalue weighted by Gasteiger charge is 2.27. The lowest BCUT2D eigenvalue weighted by molar-refractivity contribution is 0.107. The van der Waals surface area contributed by atoms with Crippen LogP contribution in [0.15, 0.2) is 24.3 Å². The van der Waals surface area contributed by atoms with Gasteiger partial charge in [0.05, 0.1) is 0 Å². The molecule has 0 saturated carbocycles. The van der Waals surface area contributed by atoms with Crippen LogP contribution in [0, 0.1) is 17.2 Å². The van der Waals surface area contributed by atoms with Gasteiger partial charge in [-0.2, -0.15) is 0 Å². The molecule has 0 amide bonds. The summed E-state index contributed by atoms with van der Waals surface area (Å²) in [6.45, 7) is 9.50. The largest absolute Gasteiger partial charge is 0.396 e. The lowest BCUT2D eigenvalue weighted by atomic mass is 9.82. The predicted octanol–water partition coefficient (Wildman–Crippen LogP) is 3.91. The van der Waals surface area contributed by atoms with Crippen molar-refractivity contribution in [3.05, 3.63) is 35.6 Å². The predicted molar refractivity (Wildman–Crippen MR) is 82.1 cm³/mol. The summed E-state index contributed by atoms with van der Waals surface area (Å²) in [4.78, 5) is 0. The van der Waals surface area contributed by atoms with E-state index in [0.29, 0.717) is 5.92 Å². The normalized spacial score (nSPS) is 13.8. The van der Waals surface area contributed by atoms with Crippen molar-refractivity contribution in [3.8, 4) is 0 Å². The molecule has 114 valence electrons. The van der Waals surface area contributed by atoms with Crippen molar-refractivity contribution in [1.29, 1.82) is 0 Å². The maximum Gasteiger partial charge on any atom is 0.123 e. The Bertz CT molecular complexity index is 376. The molecule has 20 heavy (non-hydrogen) atoms. The zero-order chi connectivity index (χ0) is 15.2. The molecule has 1 rings (SSSR count). The van der Waals surface area contributed by atoms with Crippen molar-refractivity contribution in [3.63, 3.8) is 0 Å². The molecule has 3 heteroatoms. The van der Waals surface area contributed by atoms with Gasteiger partial charge in [-0.15, -0.1) is 0 Å². The van der Waals surface area contributed by atoms with Crippen LogP contribution >= 0.6 is 0 Å². The van der Waals surface area contributed by atoms with Gasteiger partial charge in [0, 0.05) is 24.6 Å². The average Bonchev–Trinajstić information content (AvgIpc) is 2.45. The second-order valence-corrected chi connectivity index (χ2v) is 6.02. The van der Waals surface area contributed by atoms with E-state index in [4.69, 9.17) is 0 Å². The molecule has 1 aromatic carbocycles. The number of halogens is 1. The Kier molecular flexibility index (Phi) is 6.63. The van der Waals surface area contributed by atoms with Gasteiger partial charge in [-0.25, -0.2) is 4.39 Å². The molecule has 0 bridgehead atoms. The molecule has 0 radical (unpaired) electrons. The topological polar surface area (TPSA) is 32.3 Å². The molecular formula is C17H28FNO. The zero-order valence-electron chi connectivity index (χ0n) is 13.1. The number of aliphatic hydroxyl groups excluding tert-OH is 1. The van der Waals surface area contributed by atoms with Crippen molar-refractivity contribution in [2.24, 2.45) is 11.3 Å². The molecule has 2 nitrogen and oxygen atoms in total. The summed E-state index contributed by atoms with van der Waals surface area (Å²) in [6.07, 6.45) is 1.89. The Morgan fingerprint density at radius 3 is 2.10 bits per heavy atom. The first-order valence-corrected chi connectivity index (χ1v) is 7.57. The smallest absolute Gasteiger partial charge is 0.123 e. The quantitative estimate of drug-likeness (QED) is 0.757. The highest BCUT2D eigenvalue weighted by Crippen LogP contribution is 2.28. The van der Waals surface area contributed by atoms with E-state index in [2.05, 4.69) is 33.0 Å². The van der Waals surface area contributed by atoms with E-state index < -0.39 is 0 Å². The van der Waals surface area contributed by atoms with Gasteiger partial charge in [0.2, 0.25) is 0 Å². The van der Waals surface area contributed by atoms with Crippen LogP contribution in [0.2, 0.25) is 0 Å². The fourth-order valence-electron chi connectivity index (χ4n) is 2.51. The van der Waals surface area contributed by atoms with Crippen molar-refractivity contribution in [2.45, 2.75) is 46.6 Å². The summed E-state index contributed by atoms with van der Waals surface area (Å²) in [6, 6.07) is 6.87. The minimum atomic E-state index is -0.205. The van der Waals surface area contributed by atoms with E-state index in [1.165, 1.54) is 12.1 Å². The molecule has 0 aromatic heterocycles. The Morgan fingerprint density at radius 2 is 1.70 bits per heavy atom. The van der Waals surface area contributed by atoms with Crippen LogP contribution in [0.5, 0.6) is 0 Å². The number of rotatable bonds is 8. The van der Waals surface area contributed by atoms with Crippen LogP contribution in [0.1, 0.15) is 52.1 Å². The van der Waals surface area contributed by atoms with Gasteiger partial charge in [0.25, 0.3) is 0 Å². The van der Waals surface area contributed by atoms with Gasteiger partial charge < -0.3 is 10.4 Å². The minimum Gasteiger partial charge on any atom is -0.396 e. The molecule has 1 unspecified atom stereocenters. The van der Waals surface area contributed by atoms with E-state index in [9.17, 15) is 9.50 Å². The monoisotopic (exact) mass is 281 g/mol. The minimum absolute atomic E-state index is 0.0623. The number of nitrogens with one attached hydrogen (secondary N) is 1. The lowest BCUT2D eigenvalue weighted by Crippen LogP contribution is -2.39. The third-order valence-corrected chi connectivity index (χ3v) is 4.43. The van der Waals surface area contributed by atoms with E-state index in [0.717, 1.165) is 24.9 Å². The molecule has 0 fully saturated rings. The fraction of sp³-hybridized carbons (Fsp3) is 0.647. The Hall–Kier alpha value is -0.930. The van der Waals surface area contributed by atoms with Gasteiger partial charge in [-0.3, -0.25) is 0 Å². The van der Waals surface area contributed by atoms with Crippen molar-refractivity contribution in [2.75, 3.05) is 13.2 Å². The Morgan fingerprint density at radius 1 is 1.15 bits per heavy atom. The second-order valence-electron chi connectivity index (χ2n) is 6.02. The maximum absolute atomic E-state index is 13.0. The molecule has 2 N–H and O–H groups in total. The standard InChI is InChI=1S/C17H28FNO/c1-5-17(6-2,12-20)11-19-16(13(3)4)14-7-9-15(18)10-8-14/h7-10,13,16,19-20H,5-6,11-12H2,1-4H3. The van der Waals surface area contributed by atoms with Gasteiger partial charge in [-0.05, 0) is 36.5 Å². The second kappa shape index (κ2) is 7.75. The number of aliphatic hydroxyl groups is 1. The van der Waals surface area contributed by atoms with Crippen molar-refractivity contribution in [1.82, 2.24) is 5.32 Å². The van der Waals surface area contributed by atoms with Crippen LogP contribution in [0.4, 0.5) is 4.39 Å². The van der Waals surface area contributed by atoms with Crippen LogP contribution in [0.3, 0.4) is 0 Å². The summed E-state index contributed by atoms with van der Waals surface area (Å²) in [5, 5.41) is 13.2. The first-order chi connectivity index (χ1) is 9.48. The summed E-state index contributed by atoms with van der Waals surface area (Å²) >= 11 is 0. The molecule has 1 aromatic rings. The first kappa shape index (κ1) is 17.1. The SMILES string of the molecule is CCC(CC)(CO)CNC(c1ccc(F)cc1)C(C)C. The summed E-state index contributed by atoms with van der Waals surface area (Å²) in [5.74, 6) is 0.202. The summed E-state index contributed by atoms with van der Waals surface area (Å²) in [7, 11) is 0. The van der Waals surface area contributed by atoms with E-state index in [1.807, 2.05) is 12.1 Å². The van der Waals surface area contributed by atoms with E-state index in [-0.39, 0.29) is 23.9 Å². The lowest BCUT2D eigenvalue weighted by Gasteiger charge is -2.33. The number of hydrogen-bond acceptors (Lipinski definition) is 2. The average molecular weight is 281 g/mol. The molecule has 0 aliphatic heterocycles. The third kappa shape index (κ3) is 4.29. The van der Waals surface area contributed by atoms with Crippen molar-refractivity contribution < 1.29 is 9.50 Å². The maximum atomic E-state index is 13.0. The molecule has 1 atom stereocenters. The number of hydrogen-bond donors (Lipinski definition) is 2. The first-order valence-electron chi connectivity index (χ1n) is 7.57. The highest BCUT2D eigenvalue weighted by atomic mass is 19.1. The molecule has 0 aliphatic rings. The Balaban J connectivity index is 2.80. The molecular weight excluding hydrogens is 253 g/mol. The summed E-state index contributed by atoms with van der Waals surface area (Å²) < 4.78 is 13.0. The molecule has 0 heterocycles. The fourth-order valence-corrected chi connectivity index (χ4v) is 2.51. The highest BCUT2D eigenvalue weighted by molar-refractivity contribution is 5.20. The zero-order valence-corrected chi connectivity index (χ0v) is 13.1. The van der Waals surface area contributed by atoms with E-state index in [1.54, 1.807) is 0 Å². The van der Waals surface area contributed by atoms with Crippen LogP contribution in [-0.2, 0) is 0 Å². The third-order valence-electron chi connectivity index (χ3n) is 4.43. The van der Waals surface area contributed by atoms with Gasteiger partial charge in [0.1, 0.15) is 5.82 Å². The van der Waals surface area contributed by atoms with E-state index >= 15 is 0 Å². The number of benzene rings is 1. The van der Waals surface area contributed by atoms with Crippen molar-refractivity contribution >= 4 is 0 Å². The van der Waals surface area contributed by atoms with Crippen LogP contribution in [0.25, 0.3) is 0 Å². The van der Waals surface area contributed by atoms with Crippen LogP contribution in [-0.4, -0.2) is 18.3 Å². The summed E-state index contributed by atoms with van der Waals surface area (Å²) in [5.41, 5.74) is 1.04. The van der Waals surface area contributed by atoms with Gasteiger partial charge in [0.15, 0.2) is 0 Å². The molecule has 0 saturated heterocycles. The molecule has 0 aliphatic carbocycles. The van der Waals surface area contributed by atoms with Gasteiger partial charge >= 0.3 is 0 Å². The molecule has 0 spiro atoms. The van der Waals surface area contributed by atoms with Gasteiger partial charge in [-0.1, -0.05) is 39.8 Å². The van der Waals surface area contributed by atoms with Crippen LogP contribution < -0.4 is 5.32 Å².